The van der Waals surface area contributed by atoms with Crippen molar-refractivity contribution >= 4 is 0 Å². The van der Waals surface area contributed by atoms with Crippen LogP contribution in [0.15, 0.2) is 0 Å². The van der Waals surface area contributed by atoms with Gasteiger partial charge in [0.15, 0.2) is 0 Å². The third-order valence-electron chi connectivity index (χ3n) is 4.41. The fourth-order valence-corrected chi connectivity index (χ4v) is 3.03. The number of hydrogen-bond acceptors (Lipinski definition) is 0. The van der Waals surface area contributed by atoms with E-state index in [1.807, 2.05) is 0 Å². The standard InChI is InChI=1S/C16H32/c1-15(2)11-8-6-5-7-9-12-16(3,4)14-10-13-15/h5-14H2,1-4H3. The SMILES string of the molecule is CC1(C)CCCCCCCC(C)(C)CCC1. The van der Waals surface area contributed by atoms with E-state index in [1.165, 1.54) is 64.2 Å². The first-order valence-corrected chi connectivity index (χ1v) is 7.41. The van der Waals surface area contributed by atoms with E-state index in [0.29, 0.717) is 10.8 Å². The summed E-state index contributed by atoms with van der Waals surface area (Å²) in [7, 11) is 0. The quantitative estimate of drug-likeness (QED) is 0.476. The van der Waals surface area contributed by atoms with E-state index in [2.05, 4.69) is 27.7 Å². The Labute approximate surface area is 103 Å². The molecular formula is C16H32. The van der Waals surface area contributed by atoms with E-state index in [0.717, 1.165) is 0 Å². The van der Waals surface area contributed by atoms with Crippen molar-refractivity contribution in [3.63, 3.8) is 0 Å². The summed E-state index contributed by atoms with van der Waals surface area (Å²) in [5.41, 5.74) is 1.19. The molecule has 0 aromatic carbocycles. The second kappa shape index (κ2) is 6.07. The molecule has 96 valence electrons. The van der Waals surface area contributed by atoms with Gasteiger partial charge in [0.05, 0.1) is 0 Å². The van der Waals surface area contributed by atoms with Gasteiger partial charge < -0.3 is 0 Å². The predicted octanol–water partition coefficient (Wildman–Crippen LogP) is 5.95. The molecule has 0 saturated heterocycles. The monoisotopic (exact) mass is 224 g/mol. The minimum absolute atomic E-state index is 0.593. The van der Waals surface area contributed by atoms with Gasteiger partial charge in [0.25, 0.3) is 0 Å². The van der Waals surface area contributed by atoms with E-state index in [1.54, 1.807) is 0 Å². The van der Waals surface area contributed by atoms with Gasteiger partial charge in [0.1, 0.15) is 0 Å². The Kier molecular flexibility index (Phi) is 5.34. The van der Waals surface area contributed by atoms with Crippen molar-refractivity contribution in [2.75, 3.05) is 0 Å². The lowest BCUT2D eigenvalue weighted by Crippen LogP contribution is -2.16. The van der Waals surface area contributed by atoms with Gasteiger partial charge in [-0.15, -0.1) is 0 Å². The Balaban J connectivity index is 2.44. The summed E-state index contributed by atoms with van der Waals surface area (Å²) in [6, 6.07) is 0. The van der Waals surface area contributed by atoms with Gasteiger partial charge in [-0.3, -0.25) is 0 Å². The molecule has 0 spiro atoms. The third kappa shape index (κ3) is 5.92. The highest BCUT2D eigenvalue weighted by Gasteiger charge is 2.22. The Morgan fingerprint density at radius 2 is 0.750 bits per heavy atom. The average molecular weight is 224 g/mol. The number of rotatable bonds is 0. The molecule has 0 unspecified atom stereocenters. The molecule has 0 aromatic heterocycles. The minimum atomic E-state index is 0.593. The maximum absolute atomic E-state index is 2.46. The Morgan fingerprint density at radius 3 is 1.19 bits per heavy atom. The fraction of sp³-hybridized carbons (Fsp3) is 1.00. The highest BCUT2D eigenvalue weighted by atomic mass is 14.3. The summed E-state index contributed by atoms with van der Waals surface area (Å²) in [6.07, 6.45) is 14.5. The second-order valence-corrected chi connectivity index (χ2v) is 7.45. The van der Waals surface area contributed by atoms with Gasteiger partial charge in [-0.1, -0.05) is 66.2 Å². The molecule has 1 aliphatic rings. The smallest absolute Gasteiger partial charge is 0.0354 e. The molecule has 0 N–H and O–H groups in total. The van der Waals surface area contributed by atoms with Crippen LogP contribution in [-0.4, -0.2) is 0 Å². The Morgan fingerprint density at radius 1 is 0.438 bits per heavy atom. The Hall–Kier alpha value is 0. The highest BCUT2D eigenvalue weighted by Crippen LogP contribution is 2.36. The van der Waals surface area contributed by atoms with E-state index < -0.39 is 0 Å². The Bertz CT molecular complexity index is 168. The van der Waals surface area contributed by atoms with Gasteiger partial charge in [-0.05, 0) is 36.5 Å². The summed E-state index contributed by atoms with van der Waals surface area (Å²) in [4.78, 5) is 0. The molecule has 0 aromatic rings. The van der Waals surface area contributed by atoms with Crippen molar-refractivity contribution in [1.29, 1.82) is 0 Å². The van der Waals surface area contributed by atoms with Crippen LogP contribution in [-0.2, 0) is 0 Å². The molecule has 0 heteroatoms. The normalized spacial score (nSPS) is 27.8. The van der Waals surface area contributed by atoms with E-state index in [-0.39, 0.29) is 0 Å². The fourth-order valence-electron chi connectivity index (χ4n) is 3.03. The molecule has 0 radical (unpaired) electrons. The van der Waals surface area contributed by atoms with Gasteiger partial charge in [-0.2, -0.15) is 0 Å². The number of hydrogen-bond donors (Lipinski definition) is 0. The zero-order chi connectivity index (χ0) is 12.1. The lowest BCUT2D eigenvalue weighted by Gasteiger charge is -2.30. The van der Waals surface area contributed by atoms with E-state index in [4.69, 9.17) is 0 Å². The molecule has 16 heavy (non-hydrogen) atoms. The highest BCUT2D eigenvalue weighted by molar-refractivity contribution is 4.74. The van der Waals surface area contributed by atoms with Gasteiger partial charge >= 0.3 is 0 Å². The molecule has 0 nitrogen and oxygen atoms in total. The summed E-state index contributed by atoms with van der Waals surface area (Å²) in [5, 5.41) is 0. The van der Waals surface area contributed by atoms with Crippen molar-refractivity contribution in [3.8, 4) is 0 Å². The molecule has 1 fully saturated rings. The summed E-state index contributed by atoms with van der Waals surface area (Å²) in [6.45, 7) is 9.86. The molecule has 0 atom stereocenters. The average Bonchev–Trinajstić information content (AvgIpc) is 2.13. The van der Waals surface area contributed by atoms with Crippen LogP contribution in [0.2, 0.25) is 0 Å². The zero-order valence-electron chi connectivity index (χ0n) is 12.1. The van der Waals surface area contributed by atoms with Crippen molar-refractivity contribution < 1.29 is 0 Å². The largest absolute Gasteiger partial charge is 0.0599 e. The van der Waals surface area contributed by atoms with Crippen molar-refractivity contribution in [2.45, 2.75) is 91.9 Å². The van der Waals surface area contributed by atoms with Crippen LogP contribution in [0.25, 0.3) is 0 Å². The maximum Gasteiger partial charge on any atom is -0.0354 e. The second-order valence-electron chi connectivity index (χ2n) is 7.45. The lowest BCUT2D eigenvalue weighted by atomic mass is 9.76. The van der Waals surface area contributed by atoms with Crippen molar-refractivity contribution in [3.05, 3.63) is 0 Å². The summed E-state index contributed by atoms with van der Waals surface area (Å²) >= 11 is 0. The first-order valence-electron chi connectivity index (χ1n) is 7.41. The first-order chi connectivity index (χ1) is 7.41. The third-order valence-corrected chi connectivity index (χ3v) is 4.41. The molecule has 0 heterocycles. The van der Waals surface area contributed by atoms with Crippen LogP contribution < -0.4 is 0 Å². The molecule has 0 bridgehead atoms. The van der Waals surface area contributed by atoms with Crippen LogP contribution in [0.5, 0.6) is 0 Å². The zero-order valence-corrected chi connectivity index (χ0v) is 12.1. The summed E-state index contributed by atoms with van der Waals surface area (Å²) in [5.74, 6) is 0. The van der Waals surface area contributed by atoms with Gasteiger partial charge in [-0.25, -0.2) is 0 Å². The van der Waals surface area contributed by atoms with Crippen molar-refractivity contribution in [2.24, 2.45) is 10.8 Å². The lowest BCUT2D eigenvalue weighted by molar-refractivity contribution is 0.229. The maximum atomic E-state index is 2.46. The first kappa shape index (κ1) is 14.1. The van der Waals surface area contributed by atoms with Crippen molar-refractivity contribution in [1.82, 2.24) is 0 Å². The molecule has 1 saturated carbocycles. The molecule has 1 rings (SSSR count). The molecular weight excluding hydrogens is 192 g/mol. The van der Waals surface area contributed by atoms with Crippen LogP contribution in [0.4, 0.5) is 0 Å². The molecule has 1 aliphatic carbocycles. The van der Waals surface area contributed by atoms with Gasteiger partial charge in [0, 0.05) is 0 Å². The van der Waals surface area contributed by atoms with E-state index in [9.17, 15) is 0 Å². The topological polar surface area (TPSA) is 0 Å². The minimum Gasteiger partial charge on any atom is -0.0599 e. The van der Waals surface area contributed by atoms with Crippen LogP contribution in [0, 0.1) is 10.8 Å². The van der Waals surface area contributed by atoms with E-state index >= 15 is 0 Å². The van der Waals surface area contributed by atoms with Crippen LogP contribution in [0.3, 0.4) is 0 Å². The summed E-state index contributed by atoms with van der Waals surface area (Å²) < 4.78 is 0. The molecule has 0 amide bonds. The van der Waals surface area contributed by atoms with Gasteiger partial charge in [0.2, 0.25) is 0 Å². The van der Waals surface area contributed by atoms with Crippen LogP contribution >= 0.6 is 0 Å². The predicted molar refractivity (Wildman–Crippen MR) is 73.7 cm³/mol. The molecule has 0 aliphatic heterocycles. The van der Waals surface area contributed by atoms with Crippen LogP contribution in [0.1, 0.15) is 91.9 Å².